The lowest BCUT2D eigenvalue weighted by atomic mass is 10.1. The molecule has 3 rings (SSSR count). The van der Waals surface area contributed by atoms with E-state index in [1.807, 2.05) is 38.7 Å². The Labute approximate surface area is 152 Å². The summed E-state index contributed by atoms with van der Waals surface area (Å²) in [5.41, 5.74) is 1.21. The largest absolute Gasteiger partial charge is 0.458 e. The number of halogens is 1. The number of esters is 1. The lowest BCUT2D eigenvalue weighted by molar-refractivity contribution is -0.0221. The van der Waals surface area contributed by atoms with E-state index >= 15 is 0 Å². The van der Waals surface area contributed by atoms with Gasteiger partial charge in [0.05, 0.1) is 0 Å². The first-order valence-electron chi connectivity index (χ1n) is 8.06. The Kier molecular flexibility index (Phi) is 5.98. The molecular weight excluding hydrogens is 346 g/mol. The summed E-state index contributed by atoms with van der Waals surface area (Å²) in [5, 5.41) is 0.801. The van der Waals surface area contributed by atoms with Gasteiger partial charge in [-0.15, -0.1) is 12.4 Å². The smallest absolute Gasteiger partial charge is 0.376 e. The Morgan fingerprint density at radius 2 is 1.88 bits per heavy atom. The zero-order valence-corrected chi connectivity index (χ0v) is 15.5. The predicted molar refractivity (Wildman–Crippen MR) is 96.4 cm³/mol. The molecule has 6 nitrogen and oxygen atoms in total. The molecule has 1 aliphatic heterocycles. The van der Waals surface area contributed by atoms with Crippen molar-refractivity contribution in [3.8, 4) is 11.5 Å². The molecule has 0 saturated carbocycles. The van der Waals surface area contributed by atoms with Crippen LogP contribution in [0.4, 0.5) is 0 Å². The molecule has 0 spiro atoms. The summed E-state index contributed by atoms with van der Waals surface area (Å²) in [6.45, 7) is 9.34. The fraction of sp³-hybridized carbons (Fsp3) is 0.389. The molecule has 25 heavy (non-hydrogen) atoms. The van der Waals surface area contributed by atoms with Crippen LogP contribution >= 0.6 is 12.4 Å². The highest BCUT2D eigenvalue weighted by molar-refractivity contribution is 5.98. The number of rotatable bonds is 5. The first-order chi connectivity index (χ1) is 11.6. The van der Waals surface area contributed by atoms with Gasteiger partial charge in [0.15, 0.2) is 17.6 Å². The molecule has 1 aliphatic rings. The third kappa shape index (κ3) is 3.45. The molecule has 0 aliphatic carbocycles. The van der Waals surface area contributed by atoms with Gasteiger partial charge in [-0.3, -0.25) is 4.90 Å². The zero-order valence-electron chi connectivity index (χ0n) is 14.7. The SMILES string of the molecule is CCN(CC)C(C)OC(=O)c1oc2c3c(ccc2c1C)OC=CO3.Cl. The van der Waals surface area contributed by atoms with Crippen molar-refractivity contribution < 1.29 is 23.4 Å². The second-order valence-corrected chi connectivity index (χ2v) is 5.56. The van der Waals surface area contributed by atoms with Crippen molar-refractivity contribution in [2.75, 3.05) is 13.1 Å². The predicted octanol–water partition coefficient (Wildman–Crippen LogP) is 4.25. The van der Waals surface area contributed by atoms with Crippen LogP contribution in [0.15, 0.2) is 29.1 Å². The number of carbonyl (C=O) groups is 1. The number of nitrogens with zero attached hydrogens (tertiary/aromatic N) is 1. The second kappa shape index (κ2) is 7.80. The topological polar surface area (TPSA) is 61.1 Å². The van der Waals surface area contributed by atoms with Gasteiger partial charge in [0, 0.05) is 10.9 Å². The maximum atomic E-state index is 12.5. The van der Waals surface area contributed by atoms with E-state index < -0.39 is 5.97 Å². The number of carbonyl (C=O) groups excluding carboxylic acids is 1. The highest BCUT2D eigenvalue weighted by Gasteiger charge is 2.26. The van der Waals surface area contributed by atoms with Crippen molar-refractivity contribution >= 4 is 29.3 Å². The van der Waals surface area contributed by atoms with Gasteiger partial charge in [-0.25, -0.2) is 4.79 Å². The number of ether oxygens (including phenoxy) is 3. The zero-order chi connectivity index (χ0) is 17.3. The van der Waals surface area contributed by atoms with Crippen LogP contribution in [0.5, 0.6) is 11.5 Å². The van der Waals surface area contributed by atoms with Crippen molar-refractivity contribution in [3.05, 3.63) is 36.0 Å². The van der Waals surface area contributed by atoms with Crippen molar-refractivity contribution in [3.63, 3.8) is 0 Å². The van der Waals surface area contributed by atoms with Crippen molar-refractivity contribution in [2.24, 2.45) is 0 Å². The summed E-state index contributed by atoms with van der Waals surface area (Å²) in [4.78, 5) is 14.6. The normalized spacial score (nSPS) is 13.6. The Morgan fingerprint density at radius 1 is 1.20 bits per heavy atom. The van der Waals surface area contributed by atoms with Crippen LogP contribution < -0.4 is 9.47 Å². The highest BCUT2D eigenvalue weighted by atomic mass is 35.5. The van der Waals surface area contributed by atoms with E-state index in [-0.39, 0.29) is 24.4 Å². The van der Waals surface area contributed by atoms with Crippen LogP contribution in [0.1, 0.15) is 36.9 Å². The third-order valence-electron chi connectivity index (χ3n) is 4.25. The number of hydrogen-bond acceptors (Lipinski definition) is 6. The number of furan rings is 1. The number of aryl methyl sites for hydroxylation is 1. The molecule has 1 unspecified atom stereocenters. The molecule has 0 bridgehead atoms. The Balaban J connectivity index is 0.00000225. The minimum absolute atomic E-state index is 0. The van der Waals surface area contributed by atoms with Gasteiger partial charge in [0.2, 0.25) is 11.5 Å². The summed E-state index contributed by atoms with van der Waals surface area (Å²) >= 11 is 0. The van der Waals surface area contributed by atoms with E-state index in [0.717, 1.165) is 24.0 Å². The van der Waals surface area contributed by atoms with Gasteiger partial charge in [-0.1, -0.05) is 13.8 Å². The molecule has 1 aromatic heterocycles. The summed E-state index contributed by atoms with van der Waals surface area (Å²) < 4.78 is 22.2. The van der Waals surface area contributed by atoms with E-state index in [2.05, 4.69) is 0 Å². The van der Waals surface area contributed by atoms with Gasteiger partial charge in [0.25, 0.3) is 0 Å². The quantitative estimate of drug-likeness (QED) is 0.581. The fourth-order valence-electron chi connectivity index (χ4n) is 2.86. The molecular formula is C18H22ClNO5. The highest BCUT2D eigenvalue weighted by Crippen LogP contribution is 2.41. The standard InChI is InChI=1S/C18H21NO5.ClH/c1-5-19(6-2)12(4)23-18(20)15-11(3)13-7-8-14-17(16(13)24-15)22-10-9-21-14;/h7-10,12H,5-6H2,1-4H3;1H. The number of benzene rings is 1. The molecule has 0 fully saturated rings. The van der Waals surface area contributed by atoms with E-state index in [0.29, 0.717) is 17.1 Å². The number of fused-ring (bicyclic) bond motifs is 3. The first-order valence-corrected chi connectivity index (χ1v) is 8.06. The summed E-state index contributed by atoms with van der Waals surface area (Å²) in [6, 6.07) is 3.64. The van der Waals surface area contributed by atoms with Crippen LogP contribution in [0, 0.1) is 6.92 Å². The molecule has 0 radical (unpaired) electrons. The van der Waals surface area contributed by atoms with Crippen LogP contribution in [0.3, 0.4) is 0 Å². The van der Waals surface area contributed by atoms with E-state index in [1.165, 1.54) is 12.5 Å². The molecule has 0 saturated heterocycles. The minimum atomic E-state index is -0.482. The first kappa shape index (κ1) is 19.1. The van der Waals surface area contributed by atoms with Crippen molar-refractivity contribution in [1.82, 2.24) is 4.90 Å². The summed E-state index contributed by atoms with van der Waals surface area (Å²) in [5.74, 6) is 0.726. The number of hydrogen-bond donors (Lipinski definition) is 0. The van der Waals surface area contributed by atoms with Crippen molar-refractivity contribution in [1.29, 1.82) is 0 Å². The Hall–Kier alpha value is -2.18. The maximum Gasteiger partial charge on any atom is 0.376 e. The van der Waals surface area contributed by atoms with Crippen LogP contribution in [-0.2, 0) is 4.74 Å². The molecule has 1 atom stereocenters. The second-order valence-electron chi connectivity index (χ2n) is 5.56. The van der Waals surface area contributed by atoms with E-state index in [1.54, 1.807) is 6.07 Å². The van der Waals surface area contributed by atoms with Crippen LogP contribution in [-0.4, -0.2) is 30.2 Å². The molecule has 0 N–H and O–H groups in total. The molecule has 1 aromatic carbocycles. The van der Waals surface area contributed by atoms with Crippen LogP contribution in [0.2, 0.25) is 0 Å². The van der Waals surface area contributed by atoms with Gasteiger partial charge in [-0.05, 0) is 39.1 Å². The van der Waals surface area contributed by atoms with Gasteiger partial charge in [0.1, 0.15) is 12.5 Å². The summed E-state index contributed by atoms with van der Waals surface area (Å²) in [6.07, 6.45) is 2.56. The molecule has 7 heteroatoms. The average molecular weight is 368 g/mol. The van der Waals surface area contributed by atoms with Crippen molar-refractivity contribution in [2.45, 2.75) is 33.9 Å². The maximum absolute atomic E-state index is 12.5. The molecule has 2 heterocycles. The van der Waals surface area contributed by atoms with Crippen LogP contribution in [0.25, 0.3) is 11.0 Å². The van der Waals surface area contributed by atoms with E-state index in [4.69, 9.17) is 18.6 Å². The fourth-order valence-corrected chi connectivity index (χ4v) is 2.86. The Morgan fingerprint density at radius 3 is 2.56 bits per heavy atom. The average Bonchev–Trinajstić information content (AvgIpc) is 2.93. The minimum Gasteiger partial charge on any atom is -0.458 e. The lowest BCUT2D eigenvalue weighted by Crippen LogP contribution is -2.36. The lowest BCUT2D eigenvalue weighted by Gasteiger charge is -2.25. The Bertz CT molecular complexity index is 794. The molecule has 2 aromatic rings. The monoisotopic (exact) mass is 367 g/mol. The van der Waals surface area contributed by atoms with Gasteiger partial charge >= 0.3 is 5.97 Å². The molecule has 136 valence electrons. The third-order valence-corrected chi connectivity index (χ3v) is 4.25. The van der Waals surface area contributed by atoms with E-state index in [9.17, 15) is 4.79 Å². The summed E-state index contributed by atoms with van der Waals surface area (Å²) in [7, 11) is 0. The molecule has 0 amide bonds. The van der Waals surface area contributed by atoms with Gasteiger partial charge < -0.3 is 18.6 Å². The van der Waals surface area contributed by atoms with Gasteiger partial charge in [-0.2, -0.15) is 0 Å².